The lowest BCUT2D eigenvalue weighted by molar-refractivity contribution is -0.0116. The molecule has 126 valence electrons. The van der Waals surface area contributed by atoms with Gasteiger partial charge in [-0.3, -0.25) is 9.88 Å². The van der Waals surface area contributed by atoms with Crippen molar-refractivity contribution in [1.82, 2.24) is 15.2 Å². The summed E-state index contributed by atoms with van der Waals surface area (Å²) in [5, 5.41) is 7.42. The van der Waals surface area contributed by atoms with Crippen LogP contribution >= 0.6 is 0 Å². The number of pyridine rings is 1. The summed E-state index contributed by atoms with van der Waals surface area (Å²) in [4.78, 5) is 11.9. The second-order valence-corrected chi connectivity index (χ2v) is 6.17. The van der Waals surface area contributed by atoms with Crippen LogP contribution in [0.2, 0.25) is 0 Å². The maximum Gasteiger partial charge on any atom is 0.227 e. The van der Waals surface area contributed by atoms with Gasteiger partial charge < -0.3 is 14.9 Å². The molecular formula is C17H26N4O2. The van der Waals surface area contributed by atoms with E-state index >= 15 is 0 Å². The smallest absolute Gasteiger partial charge is 0.227 e. The largest absolute Gasteiger partial charge is 0.470 e. The van der Waals surface area contributed by atoms with E-state index in [2.05, 4.69) is 26.4 Å². The summed E-state index contributed by atoms with van der Waals surface area (Å²) in [6.07, 6.45) is 8.47. The van der Waals surface area contributed by atoms with Crippen LogP contribution in [-0.2, 0) is 16.1 Å². The summed E-state index contributed by atoms with van der Waals surface area (Å²) in [6.45, 7) is 5.48. The Hall–Kier alpha value is -1.66. The lowest BCUT2D eigenvalue weighted by Gasteiger charge is -2.31. The molecule has 3 heterocycles. The fourth-order valence-corrected chi connectivity index (χ4v) is 3.00. The molecular weight excluding hydrogens is 292 g/mol. The van der Waals surface area contributed by atoms with Gasteiger partial charge in [0.2, 0.25) is 5.90 Å². The number of hydrogen-bond donors (Lipinski definition) is 1. The molecule has 0 aromatic carbocycles. The zero-order valence-corrected chi connectivity index (χ0v) is 13.6. The molecule has 0 amide bonds. The van der Waals surface area contributed by atoms with Crippen LogP contribution < -0.4 is 5.32 Å². The number of aromatic nitrogens is 1. The van der Waals surface area contributed by atoms with Crippen molar-refractivity contribution in [3.05, 3.63) is 30.1 Å². The highest BCUT2D eigenvalue weighted by atomic mass is 16.7. The standard InChI is InChI=1S/C17H26N4O2/c1-2-9-21(10-3-1)13-16-14-22-20-17(23-16)6-8-19-12-15-5-4-7-18-11-15/h4-5,7,11,16,19H,1-3,6,8-10,12-14H2. The quantitative estimate of drug-likeness (QED) is 0.777. The monoisotopic (exact) mass is 318 g/mol. The van der Waals surface area contributed by atoms with Crippen molar-refractivity contribution in [2.75, 3.05) is 32.8 Å². The van der Waals surface area contributed by atoms with Gasteiger partial charge in [0.25, 0.3) is 0 Å². The first-order valence-electron chi connectivity index (χ1n) is 8.57. The molecule has 1 aromatic rings. The highest BCUT2D eigenvalue weighted by molar-refractivity contribution is 5.76. The topological polar surface area (TPSA) is 59.0 Å². The molecule has 1 saturated heterocycles. The summed E-state index contributed by atoms with van der Waals surface area (Å²) in [5.74, 6) is 0.706. The van der Waals surface area contributed by atoms with Gasteiger partial charge in [-0.1, -0.05) is 17.6 Å². The molecule has 0 radical (unpaired) electrons. The summed E-state index contributed by atoms with van der Waals surface area (Å²) < 4.78 is 5.97. The third-order valence-electron chi connectivity index (χ3n) is 4.21. The molecule has 0 aliphatic carbocycles. The number of nitrogens with zero attached hydrogens (tertiary/aromatic N) is 3. The SMILES string of the molecule is c1cncc(CNCCC2=NOCC(CN3CCCCC3)O2)c1. The van der Waals surface area contributed by atoms with E-state index in [1.165, 1.54) is 37.9 Å². The molecule has 1 aromatic heterocycles. The van der Waals surface area contributed by atoms with E-state index in [1.807, 2.05) is 12.3 Å². The van der Waals surface area contributed by atoms with Crippen molar-refractivity contribution in [3.8, 4) is 0 Å². The second kappa shape index (κ2) is 8.84. The van der Waals surface area contributed by atoms with Crippen molar-refractivity contribution in [2.24, 2.45) is 5.16 Å². The van der Waals surface area contributed by atoms with Gasteiger partial charge in [0.1, 0.15) is 6.10 Å². The molecule has 1 atom stereocenters. The third-order valence-corrected chi connectivity index (χ3v) is 4.21. The molecule has 6 nitrogen and oxygen atoms in total. The molecule has 1 fully saturated rings. The maximum atomic E-state index is 5.97. The lowest BCUT2D eigenvalue weighted by atomic mass is 10.1. The van der Waals surface area contributed by atoms with Crippen LogP contribution in [0.15, 0.2) is 29.7 Å². The van der Waals surface area contributed by atoms with Gasteiger partial charge >= 0.3 is 0 Å². The highest BCUT2D eigenvalue weighted by Crippen LogP contribution is 2.13. The number of piperidine rings is 1. The van der Waals surface area contributed by atoms with Crippen LogP contribution in [0.1, 0.15) is 31.2 Å². The molecule has 1 N–H and O–H groups in total. The summed E-state index contributed by atoms with van der Waals surface area (Å²) in [6, 6.07) is 4.01. The average Bonchev–Trinajstić information content (AvgIpc) is 2.61. The number of nitrogens with one attached hydrogen (secondary N) is 1. The van der Waals surface area contributed by atoms with Gasteiger partial charge in [0.05, 0.1) is 0 Å². The van der Waals surface area contributed by atoms with Crippen molar-refractivity contribution < 1.29 is 9.57 Å². The first-order chi connectivity index (χ1) is 11.4. The van der Waals surface area contributed by atoms with E-state index in [0.29, 0.717) is 12.5 Å². The Morgan fingerprint density at radius 1 is 1.26 bits per heavy atom. The van der Waals surface area contributed by atoms with Crippen LogP contribution in [0.4, 0.5) is 0 Å². The molecule has 0 saturated carbocycles. The van der Waals surface area contributed by atoms with Gasteiger partial charge in [0.15, 0.2) is 6.61 Å². The van der Waals surface area contributed by atoms with Crippen LogP contribution in [0.5, 0.6) is 0 Å². The summed E-state index contributed by atoms with van der Waals surface area (Å²) >= 11 is 0. The predicted molar refractivity (Wildman–Crippen MR) is 89.1 cm³/mol. The van der Waals surface area contributed by atoms with Crippen LogP contribution in [0, 0.1) is 0 Å². The molecule has 3 rings (SSSR count). The molecule has 6 heteroatoms. The van der Waals surface area contributed by atoms with E-state index in [9.17, 15) is 0 Å². The van der Waals surface area contributed by atoms with Crippen LogP contribution in [0.3, 0.4) is 0 Å². The van der Waals surface area contributed by atoms with Crippen molar-refractivity contribution in [2.45, 2.75) is 38.3 Å². The third kappa shape index (κ3) is 5.48. The zero-order chi connectivity index (χ0) is 15.7. The van der Waals surface area contributed by atoms with E-state index < -0.39 is 0 Å². The fraction of sp³-hybridized carbons (Fsp3) is 0.647. The molecule has 0 spiro atoms. The van der Waals surface area contributed by atoms with E-state index in [1.54, 1.807) is 6.20 Å². The normalized spacial score (nSPS) is 22.1. The van der Waals surface area contributed by atoms with Gasteiger partial charge in [-0.15, -0.1) is 0 Å². The minimum atomic E-state index is 0.110. The Labute approximate surface area is 137 Å². The number of hydrogen-bond acceptors (Lipinski definition) is 6. The maximum absolute atomic E-state index is 5.97. The number of oxime groups is 1. The minimum Gasteiger partial charge on any atom is -0.470 e. The molecule has 1 unspecified atom stereocenters. The zero-order valence-electron chi connectivity index (χ0n) is 13.6. The Bertz CT molecular complexity index is 489. The van der Waals surface area contributed by atoms with E-state index in [-0.39, 0.29) is 6.10 Å². The Morgan fingerprint density at radius 3 is 3.00 bits per heavy atom. The average molecular weight is 318 g/mol. The Balaban J connectivity index is 1.34. The summed E-state index contributed by atoms with van der Waals surface area (Å²) in [7, 11) is 0. The molecule has 0 bridgehead atoms. The van der Waals surface area contributed by atoms with Gasteiger partial charge in [0, 0.05) is 38.4 Å². The first-order valence-corrected chi connectivity index (χ1v) is 8.57. The molecule has 23 heavy (non-hydrogen) atoms. The second-order valence-electron chi connectivity index (χ2n) is 6.17. The Morgan fingerprint density at radius 2 is 2.17 bits per heavy atom. The number of likely N-dealkylation sites (tertiary alicyclic amines) is 1. The minimum absolute atomic E-state index is 0.110. The first kappa shape index (κ1) is 16.2. The van der Waals surface area contributed by atoms with Crippen molar-refractivity contribution in [3.63, 3.8) is 0 Å². The lowest BCUT2D eigenvalue weighted by Crippen LogP contribution is -2.42. The van der Waals surface area contributed by atoms with Gasteiger partial charge in [-0.05, 0) is 37.6 Å². The van der Waals surface area contributed by atoms with Gasteiger partial charge in [-0.2, -0.15) is 0 Å². The highest BCUT2D eigenvalue weighted by Gasteiger charge is 2.22. The van der Waals surface area contributed by atoms with E-state index in [0.717, 1.165) is 26.1 Å². The van der Waals surface area contributed by atoms with Crippen molar-refractivity contribution in [1.29, 1.82) is 0 Å². The van der Waals surface area contributed by atoms with Crippen LogP contribution in [-0.4, -0.2) is 54.7 Å². The summed E-state index contributed by atoms with van der Waals surface area (Å²) in [5.41, 5.74) is 1.18. The number of rotatable bonds is 7. The number of ether oxygens (including phenoxy) is 1. The fourth-order valence-electron chi connectivity index (χ4n) is 3.00. The predicted octanol–water partition coefficient (Wildman–Crippen LogP) is 1.78. The van der Waals surface area contributed by atoms with Crippen molar-refractivity contribution >= 4 is 5.90 Å². The van der Waals surface area contributed by atoms with Gasteiger partial charge in [-0.25, -0.2) is 0 Å². The molecule has 2 aliphatic rings. The Kier molecular flexibility index (Phi) is 6.23. The molecule has 2 aliphatic heterocycles. The van der Waals surface area contributed by atoms with Crippen LogP contribution in [0.25, 0.3) is 0 Å². The van der Waals surface area contributed by atoms with E-state index in [4.69, 9.17) is 9.57 Å².